The summed E-state index contributed by atoms with van der Waals surface area (Å²) in [5, 5.41) is 0. The van der Waals surface area contributed by atoms with Gasteiger partial charge in [-0.05, 0) is 22.0 Å². The minimum Gasteiger partial charge on any atom is -0.472 e. The third-order valence-corrected chi connectivity index (χ3v) is 2.98. The van der Waals surface area contributed by atoms with Crippen molar-refractivity contribution in [2.75, 3.05) is 0 Å². The van der Waals surface area contributed by atoms with E-state index in [1.54, 1.807) is 18.7 Å². The van der Waals surface area contributed by atoms with Gasteiger partial charge in [0.05, 0.1) is 34.4 Å². The molecule has 0 radical (unpaired) electrons. The van der Waals surface area contributed by atoms with Gasteiger partial charge < -0.3 is 9.40 Å². The van der Waals surface area contributed by atoms with Crippen molar-refractivity contribution in [2.45, 2.75) is 0 Å². The molecular weight excluding hydrogens is 258 g/mol. The van der Waals surface area contributed by atoms with Crippen LogP contribution in [0.5, 0.6) is 0 Å². The average molecular weight is 264 g/mol. The molecule has 0 aromatic carbocycles. The highest BCUT2D eigenvalue weighted by atomic mass is 79.9. The van der Waals surface area contributed by atoms with Gasteiger partial charge in [-0.1, -0.05) is 0 Å². The van der Waals surface area contributed by atoms with Crippen LogP contribution in [0.3, 0.4) is 0 Å². The van der Waals surface area contributed by atoms with E-state index in [4.69, 9.17) is 4.42 Å². The topological polar surface area (TPSA) is 54.7 Å². The average Bonchev–Trinajstić information content (AvgIpc) is 2.87. The number of rotatable bonds is 1. The Morgan fingerprint density at radius 2 is 2.33 bits per heavy atom. The lowest BCUT2D eigenvalue weighted by molar-refractivity contribution is 0.568. The van der Waals surface area contributed by atoms with Gasteiger partial charge in [0, 0.05) is 5.56 Å². The maximum atomic E-state index is 5.04. The van der Waals surface area contributed by atoms with Gasteiger partial charge in [-0.3, -0.25) is 0 Å². The lowest BCUT2D eigenvalue weighted by Crippen LogP contribution is -1.75. The summed E-state index contributed by atoms with van der Waals surface area (Å²) in [7, 11) is 0. The van der Waals surface area contributed by atoms with Gasteiger partial charge in [0.1, 0.15) is 11.8 Å². The first kappa shape index (κ1) is 8.67. The molecule has 0 amide bonds. The molecule has 4 nitrogen and oxygen atoms in total. The molecule has 0 spiro atoms. The van der Waals surface area contributed by atoms with Gasteiger partial charge >= 0.3 is 0 Å². The molecule has 0 aliphatic carbocycles. The Hall–Kier alpha value is -1.62. The summed E-state index contributed by atoms with van der Waals surface area (Å²) in [6.07, 6.45) is 6.60. The molecule has 3 heterocycles. The second kappa shape index (κ2) is 3.20. The molecule has 0 saturated carbocycles. The van der Waals surface area contributed by atoms with E-state index >= 15 is 0 Å². The molecule has 5 heteroatoms. The van der Waals surface area contributed by atoms with Crippen LogP contribution in [0.2, 0.25) is 0 Å². The third kappa shape index (κ3) is 1.27. The number of H-pyrrole nitrogens is 1. The van der Waals surface area contributed by atoms with Crippen molar-refractivity contribution in [3.05, 3.63) is 35.6 Å². The van der Waals surface area contributed by atoms with Crippen LogP contribution in [0, 0.1) is 0 Å². The van der Waals surface area contributed by atoms with Gasteiger partial charge in [-0.2, -0.15) is 0 Å². The maximum Gasteiger partial charge on any atom is 0.116 e. The quantitative estimate of drug-likeness (QED) is 0.735. The summed E-state index contributed by atoms with van der Waals surface area (Å²) < 4.78 is 5.97. The molecule has 3 aromatic heterocycles. The van der Waals surface area contributed by atoms with E-state index in [9.17, 15) is 0 Å². The molecular formula is C10H6BrN3O. The Labute approximate surface area is 93.5 Å². The molecule has 3 aromatic rings. The van der Waals surface area contributed by atoms with Crippen molar-refractivity contribution in [3.8, 4) is 11.3 Å². The third-order valence-electron chi connectivity index (χ3n) is 2.21. The molecule has 3 rings (SSSR count). The van der Waals surface area contributed by atoms with Gasteiger partial charge in [0.25, 0.3) is 0 Å². The Morgan fingerprint density at radius 1 is 1.40 bits per heavy atom. The molecule has 74 valence electrons. The standard InChI is InChI=1S/C10H6BrN3O/c11-8-9(6-1-2-15-4-6)14-7-3-12-5-13-10(7)8/h1-5,14H. The van der Waals surface area contributed by atoms with Crippen LogP contribution in [0.25, 0.3) is 22.3 Å². The van der Waals surface area contributed by atoms with Crippen molar-refractivity contribution >= 4 is 27.0 Å². The fraction of sp³-hybridized carbons (Fsp3) is 0. The molecule has 15 heavy (non-hydrogen) atoms. The molecule has 0 bridgehead atoms. The van der Waals surface area contributed by atoms with Crippen LogP contribution < -0.4 is 0 Å². The van der Waals surface area contributed by atoms with Crippen molar-refractivity contribution in [2.24, 2.45) is 0 Å². The number of hydrogen-bond donors (Lipinski definition) is 1. The highest BCUT2D eigenvalue weighted by Gasteiger charge is 2.12. The van der Waals surface area contributed by atoms with Crippen molar-refractivity contribution in [3.63, 3.8) is 0 Å². The minimum absolute atomic E-state index is 0.876. The molecule has 0 aliphatic heterocycles. The fourth-order valence-corrected chi connectivity index (χ4v) is 2.15. The molecule has 0 aliphatic rings. The summed E-state index contributed by atoms with van der Waals surface area (Å²) in [4.78, 5) is 11.4. The Morgan fingerprint density at radius 3 is 3.07 bits per heavy atom. The highest BCUT2D eigenvalue weighted by molar-refractivity contribution is 9.10. The smallest absolute Gasteiger partial charge is 0.116 e. The number of halogens is 1. The van der Waals surface area contributed by atoms with E-state index in [1.807, 2.05) is 6.07 Å². The molecule has 0 saturated heterocycles. The van der Waals surface area contributed by atoms with E-state index in [-0.39, 0.29) is 0 Å². The van der Waals surface area contributed by atoms with Gasteiger partial charge in [-0.25, -0.2) is 9.97 Å². The molecule has 1 N–H and O–H groups in total. The number of hydrogen-bond acceptors (Lipinski definition) is 3. The zero-order chi connectivity index (χ0) is 10.3. The monoisotopic (exact) mass is 263 g/mol. The summed E-state index contributed by atoms with van der Waals surface area (Å²) in [6, 6.07) is 1.89. The van der Waals surface area contributed by atoms with Gasteiger partial charge in [0.15, 0.2) is 0 Å². The number of aromatic nitrogens is 3. The number of furan rings is 1. The molecule has 0 unspecified atom stereocenters. The van der Waals surface area contributed by atoms with Crippen LogP contribution in [0.15, 0.2) is 40.0 Å². The van der Waals surface area contributed by atoms with Crippen LogP contribution >= 0.6 is 15.9 Å². The Balaban J connectivity index is 2.33. The first-order valence-electron chi connectivity index (χ1n) is 4.36. The predicted octanol–water partition coefficient (Wildman–Crippen LogP) is 2.98. The molecule has 0 fully saturated rings. The molecule has 0 atom stereocenters. The van der Waals surface area contributed by atoms with E-state index in [0.717, 1.165) is 26.8 Å². The number of aromatic amines is 1. The van der Waals surface area contributed by atoms with Crippen LogP contribution in [0.4, 0.5) is 0 Å². The summed E-state index contributed by atoms with van der Waals surface area (Å²) in [6.45, 7) is 0. The Kier molecular flexibility index (Phi) is 1.85. The fourth-order valence-electron chi connectivity index (χ4n) is 1.51. The van der Waals surface area contributed by atoms with Gasteiger partial charge in [0.2, 0.25) is 0 Å². The minimum atomic E-state index is 0.876. The summed E-state index contributed by atoms with van der Waals surface area (Å²) in [5.41, 5.74) is 3.72. The SMILES string of the molecule is Brc1c(-c2ccoc2)[nH]c2cncnc12. The zero-order valence-corrected chi connectivity index (χ0v) is 9.15. The number of nitrogens with one attached hydrogen (secondary N) is 1. The second-order valence-electron chi connectivity index (χ2n) is 3.11. The van der Waals surface area contributed by atoms with Crippen LogP contribution in [-0.2, 0) is 0 Å². The zero-order valence-electron chi connectivity index (χ0n) is 7.57. The van der Waals surface area contributed by atoms with Crippen molar-refractivity contribution in [1.29, 1.82) is 0 Å². The first-order chi connectivity index (χ1) is 7.36. The van der Waals surface area contributed by atoms with E-state index in [2.05, 4.69) is 30.9 Å². The van der Waals surface area contributed by atoms with Crippen LogP contribution in [-0.4, -0.2) is 15.0 Å². The van der Waals surface area contributed by atoms with E-state index in [0.29, 0.717) is 0 Å². The summed E-state index contributed by atoms with van der Waals surface area (Å²) >= 11 is 3.51. The highest BCUT2D eigenvalue weighted by Crippen LogP contribution is 2.33. The normalized spacial score (nSPS) is 11.0. The predicted molar refractivity (Wildman–Crippen MR) is 59.3 cm³/mol. The van der Waals surface area contributed by atoms with E-state index < -0.39 is 0 Å². The second-order valence-corrected chi connectivity index (χ2v) is 3.90. The maximum absolute atomic E-state index is 5.04. The largest absolute Gasteiger partial charge is 0.472 e. The van der Waals surface area contributed by atoms with Crippen LogP contribution in [0.1, 0.15) is 0 Å². The van der Waals surface area contributed by atoms with Crippen molar-refractivity contribution < 1.29 is 4.42 Å². The Bertz CT molecular complexity index is 600. The van der Waals surface area contributed by atoms with E-state index in [1.165, 1.54) is 6.33 Å². The first-order valence-corrected chi connectivity index (χ1v) is 5.15. The van der Waals surface area contributed by atoms with Crippen molar-refractivity contribution in [1.82, 2.24) is 15.0 Å². The summed E-state index contributed by atoms with van der Waals surface area (Å²) in [5.74, 6) is 0. The van der Waals surface area contributed by atoms with Gasteiger partial charge in [-0.15, -0.1) is 0 Å². The number of fused-ring (bicyclic) bond motifs is 1. The number of nitrogens with zero attached hydrogens (tertiary/aromatic N) is 2. The lowest BCUT2D eigenvalue weighted by Gasteiger charge is -1.91. The lowest BCUT2D eigenvalue weighted by atomic mass is 10.2.